The Morgan fingerprint density at radius 3 is 2.33 bits per heavy atom. The Morgan fingerprint density at radius 2 is 1.72 bits per heavy atom. The number of aromatic amines is 1. The van der Waals surface area contributed by atoms with E-state index in [4.69, 9.17) is 10.9 Å². The van der Waals surface area contributed by atoms with E-state index in [-0.39, 0.29) is 4.90 Å². The van der Waals surface area contributed by atoms with Crippen molar-refractivity contribution in [3.05, 3.63) is 47.5 Å². The first kappa shape index (κ1) is 25.0. The summed E-state index contributed by atoms with van der Waals surface area (Å²) in [5.74, 6) is 1.97. The van der Waals surface area contributed by atoms with Crippen LogP contribution in [0, 0.1) is 11.8 Å². The van der Waals surface area contributed by atoms with Gasteiger partial charge in [0.15, 0.2) is 5.82 Å². The van der Waals surface area contributed by atoms with Gasteiger partial charge in [0.25, 0.3) is 0 Å². The lowest BCUT2D eigenvalue weighted by Crippen LogP contribution is -2.22. The Hall–Kier alpha value is -2.66. The van der Waals surface area contributed by atoms with Crippen LogP contribution in [0.3, 0.4) is 0 Å². The number of H-pyrrole nitrogens is 1. The van der Waals surface area contributed by atoms with Crippen LogP contribution >= 0.6 is 0 Å². The molecule has 1 aliphatic heterocycles. The monoisotopic (exact) mass is 509 g/mol. The molecule has 1 unspecified atom stereocenters. The molecule has 9 nitrogen and oxygen atoms in total. The van der Waals surface area contributed by atoms with Crippen molar-refractivity contribution in [2.75, 3.05) is 19.6 Å². The number of hydrogen-bond donors (Lipinski definition) is 4. The van der Waals surface area contributed by atoms with E-state index in [0.29, 0.717) is 41.1 Å². The molecule has 3 aromatic rings. The molecule has 0 radical (unpaired) electrons. The SMILES string of the molecule is NC[C@H]1CC[C@H](CCc2ccc(-c3ccc(C4CCNC4)cc3)c(-c3nnn[nH]3)c2S(N)(=O)=O)CC1. The molecular weight excluding hydrogens is 474 g/mol. The predicted octanol–water partition coefficient (Wildman–Crippen LogP) is 2.96. The van der Waals surface area contributed by atoms with Crippen molar-refractivity contribution < 1.29 is 8.42 Å². The highest BCUT2D eigenvalue weighted by Gasteiger charge is 2.27. The summed E-state index contributed by atoms with van der Waals surface area (Å²) in [5, 5.41) is 23.5. The molecule has 6 N–H and O–H groups in total. The second-order valence-electron chi connectivity index (χ2n) is 10.2. The average Bonchev–Trinajstić information content (AvgIpc) is 3.62. The van der Waals surface area contributed by atoms with Crippen LogP contribution < -0.4 is 16.2 Å². The third kappa shape index (κ3) is 5.36. The summed E-state index contributed by atoms with van der Waals surface area (Å²) >= 11 is 0. The van der Waals surface area contributed by atoms with E-state index in [9.17, 15) is 8.42 Å². The zero-order valence-electron chi connectivity index (χ0n) is 20.5. The van der Waals surface area contributed by atoms with Crippen molar-refractivity contribution in [2.24, 2.45) is 22.7 Å². The number of sulfonamides is 1. The maximum absolute atomic E-state index is 13.0. The van der Waals surface area contributed by atoms with Crippen LogP contribution in [-0.4, -0.2) is 48.7 Å². The van der Waals surface area contributed by atoms with Crippen LogP contribution in [0.1, 0.15) is 55.6 Å². The number of hydrogen-bond acceptors (Lipinski definition) is 7. The molecule has 2 aliphatic rings. The molecule has 10 heteroatoms. The number of nitrogens with one attached hydrogen (secondary N) is 2. The largest absolute Gasteiger partial charge is 0.330 e. The Balaban J connectivity index is 1.51. The van der Waals surface area contributed by atoms with Gasteiger partial charge < -0.3 is 11.1 Å². The van der Waals surface area contributed by atoms with Crippen LogP contribution in [0.4, 0.5) is 0 Å². The first-order chi connectivity index (χ1) is 17.4. The first-order valence-corrected chi connectivity index (χ1v) is 14.4. The number of nitrogens with two attached hydrogens (primary N) is 2. The maximum atomic E-state index is 13.0. The van der Waals surface area contributed by atoms with Crippen molar-refractivity contribution in [1.82, 2.24) is 25.9 Å². The van der Waals surface area contributed by atoms with Crippen molar-refractivity contribution in [2.45, 2.75) is 55.8 Å². The molecule has 0 amide bonds. The molecular formula is C26H35N7O2S. The van der Waals surface area contributed by atoms with E-state index in [1.807, 2.05) is 24.3 Å². The summed E-state index contributed by atoms with van der Waals surface area (Å²) in [6, 6.07) is 12.2. The fraction of sp³-hybridized carbons (Fsp3) is 0.500. The second kappa shape index (κ2) is 10.8. The topological polar surface area (TPSA) is 153 Å². The molecule has 5 rings (SSSR count). The van der Waals surface area contributed by atoms with E-state index < -0.39 is 10.0 Å². The van der Waals surface area contributed by atoms with Gasteiger partial charge in [0.2, 0.25) is 10.0 Å². The highest BCUT2D eigenvalue weighted by atomic mass is 32.2. The van der Waals surface area contributed by atoms with E-state index in [0.717, 1.165) is 69.3 Å². The lowest BCUT2D eigenvalue weighted by atomic mass is 9.79. The number of aryl methyl sites for hydroxylation is 1. The van der Waals surface area contributed by atoms with Gasteiger partial charge in [0.05, 0.1) is 4.90 Å². The quantitative estimate of drug-likeness (QED) is 0.364. The second-order valence-corrected chi connectivity index (χ2v) is 11.7. The molecule has 36 heavy (non-hydrogen) atoms. The zero-order chi connectivity index (χ0) is 25.1. The fourth-order valence-electron chi connectivity index (χ4n) is 5.88. The standard InChI is InChI=1S/C26H35N7O2S/c27-15-18-3-1-17(2-4-18)5-6-21-11-12-23(20-9-7-19(8-10-20)22-13-14-29-16-22)24(25(21)36(28,34)35)26-30-32-33-31-26/h7-12,17-18,22,29H,1-6,13-16,27H2,(H2,28,34,35)(H,30,31,32,33)/t17-,18-,22?. The Morgan fingerprint density at radius 1 is 0.972 bits per heavy atom. The summed E-state index contributed by atoms with van der Waals surface area (Å²) in [7, 11) is -4.05. The van der Waals surface area contributed by atoms with Crippen LogP contribution in [0.25, 0.3) is 22.5 Å². The third-order valence-corrected chi connectivity index (χ3v) is 9.02. The van der Waals surface area contributed by atoms with Crippen LogP contribution in [0.15, 0.2) is 41.3 Å². The predicted molar refractivity (Wildman–Crippen MR) is 139 cm³/mol. The lowest BCUT2D eigenvalue weighted by Gasteiger charge is -2.28. The smallest absolute Gasteiger partial charge is 0.239 e. The molecule has 2 fully saturated rings. The van der Waals surface area contributed by atoms with Crippen molar-refractivity contribution in [3.63, 3.8) is 0 Å². The van der Waals surface area contributed by atoms with Gasteiger partial charge in [-0.15, -0.1) is 5.10 Å². The van der Waals surface area contributed by atoms with Crippen LogP contribution in [0.2, 0.25) is 0 Å². The van der Waals surface area contributed by atoms with Gasteiger partial charge in [-0.3, -0.25) is 0 Å². The summed E-state index contributed by atoms with van der Waals surface area (Å²) in [4.78, 5) is 0.110. The summed E-state index contributed by atoms with van der Waals surface area (Å²) in [6.07, 6.45) is 7.21. The lowest BCUT2D eigenvalue weighted by molar-refractivity contribution is 0.268. The molecule has 0 bridgehead atoms. The maximum Gasteiger partial charge on any atom is 0.239 e. The number of primary sulfonamides is 1. The Labute approximate surface area is 212 Å². The van der Waals surface area contributed by atoms with Crippen molar-refractivity contribution in [1.29, 1.82) is 0 Å². The van der Waals surface area contributed by atoms with Crippen LogP contribution in [0.5, 0.6) is 0 Å². The minimum absolute atomic E-state index is 0.110. The van der Waals surface area contributed by atoms with Gasteiger partial charge in [-0.2, -0.15) is 0 Å². The Kier molecular flexibility index (Phi) is 7.47. The molecule has 192 valence electrons. The van der Waals surface area contributed by atoms with Crippen molar-refractivity contribution in [3.8, 4) is 22.5 Å². The van der Waals surface area contributed by atoms with E-state index >= 15 is 0 Å². The van der Waals surface area contributed by atoms with Crippen molar-refractivity contribution >= 4 is 10.0 Å². The minimum atomic E-state index is -4.05. The number of aromatic nitrogens is 4. The normalized spacial score (nSPS) is 22.7. The molecule has 1 aliphatic carbocycles. The molecule has 2 aromatic carbocycles. The minimum Gasteiger partial charge on any atom is -0.330 e. The molecule has 1 aromatic heterocycles. The van der Waals surface area contributed by atoms with Gasteiger partial charge in [-0.1, -0.05) is 49.2 Å². The molecule has 2 heterocycles. The van der Waals surface area contributed by atoms with Gasteiger partial charge in [-0.25, -0.2) is 18.7 Å². The number of benzene rings is 2. The molecule has 1 saturated heterocycles. The number of rotatable bonds is 8. The van der Waals surface area contributed by atoms with Crippen LogP contribution in [-0.2, 0) is 16.4 Å². The Bertz CT molecular complexity index is 1260. The molecule has 1 saturated carbocycles. The number of nitrogens with zero attached hydrogens (tertiary/aromatic N) is 3. The third-order valence-electron chi connectivity index (χ3n) is 7.98. The first-order valence-electron chi connectivity index (χ1n) is 12.9. The fourth-order valence-corrected chi connectivity index (χ4v) is 6.90. The number of tetrazole rings is 1. The van der Waals surface area contributed by atoms with Gasteiger partial charge in [0, 0.05) is 12.1 Å². The highest BCUT2D eigenvalue weighted by molar-refractivity contribution is 7.89. The van der Waals surface area contributed by atoms with Gasteiger partial charge in [0.1, 0.15) is 0 Å². The molecule has 1 atom stereocenters. The van der Waals surface area contributed by atoms with E-state index in [2.05, 4.69) is 38.1 Å². The van der Waals surface area contributed by atoms with E-state index in [1.54, 1.807) is 0 Å². The van der Waals surface area contributed by atoms with E-state index in [1.165, 1.54) is 5.56 Å². The van der Waals surface area contributed by atoms with Gasteiger partial charge in [-0.05, 0) is 95.6 Å². The summed E-state index contributed by atoms with van der Waals surface area (Å²) in [6.45, 7) is 2.76. The highest BCUT2D eigenvalue weighted by Crippen LogP contribution is 2.39. The zero-order valence-corrected chi connectivity index (χ0v) is 21.3. The molecule has 0 spiro atoms. The summed E-state index contributed by atoms with van der Waals surface area (Å²) in [5.41, 5.74) is 9.90. The van der Waals surface area contributed by atoms with Gasteiger partial charge >= 0.3 is 0 Å². The average molecular weight is 510 g/mol. The summed E-state index contributed by atoms with van der Waals surface area (Å²) < 4.78 is 26.0.